The van der Waals surface area contributed by atoms with Crippen molar-refractivity contribution in [1.29, 1.82) is 0 Å². The number of hydrogen-bond donors (Lipinski definition) is 1. The summed E-state index contributed by atoms with van der Waals surface area (Å²) in [6, 6.07) is 4.58. The molecule has 1 aliphatic heterocycles. The second-order valence-electron chi connectivity index (χ2n) is 5.27. The maximum Gasteiger partial charge on any atom is 0.145 e. The van der Waals surface area contributed by atoms with Gasteiger partial charge < -0.3 is 5.11 Å². The molecule has 5 heteroatoms. The molecule has 1 N–H and O–H groups in total. The Morgan fingerprint density at radius 1 is 1.16 bits per heavy atom. The molecule has 0 bridgehead atoms. The van der Waals surface area contributed by atoms with E-state index in [1.54, 1.807) is 0 Å². The first-order chi connectivity index (χ1) is 9.08. The van der Waals surface area contributed by atoms with Crippen molar-refractivity contribution in [3.8, 4) is 11.4 Å². The second-order valence-corrected chi connectivity index (χ2v) is 5.71. The van der Waals surface area contributed by atoms with Crippen molar-refractivity contribution in [1.82, 2.24) is 14.4 Å². The molecule has 4 rings (SSSR count). The second kappa shape index (κ2) is 3.39. The highest BCUT2D eigenvalue weighted by atomic mass is 35.5. The van der Waals surface area contributed by atoms with Crippen LogP contribution < -0.4 is 0 Å². The Morgan fingerprint density at radius 3 is 2.68 bits per heavy atom. The van der Waals surface area contributed by atoms with Crippen LogP contribution >= 0.6 is 11.6 Å². The van der Waals surface area contributed by atoms with Gasteiger partial charge in [-0.3, -0.25) is 0 Å². The van der Waals surface area contributed by atoms with E-state index in [0.29, 0.717) is 11.8 Å². The largest absolute Gasteiger partial charge is 0.505 e. The van der Waals surface area contributed by atoms with Gasteiger partial charge in [0.05, 0.1) is 0 Å². The van der Waals surface area contributed by atoms with E-state index in [0.717, 1.165) is 21.8 Å². The number of allylic oxidation sites excluding steroid dienone is 4. The quantitative estimate of drug-likeness (QED) is 0.852. The van der Waals surface area contributed by atoms with Crippen molar-refractivity contribution in [2.75, 3.05) is 0 Å². The molecule has 0 amide bonds. The van der Waals surface area contributed by atoms with E-state index in [4.69, 9.17) is 11.6 Å². The minimum absolute atomic E-state index is 0.276. The summed E-state index contributed by atoms with van der Waals surface area (Å²) < 4.78 is 0. The number of halogens is 1. The Hall–Kier alpha value is -1.81. The molecule has 0 spiro atoms. The fourth-order valence-electron chi connectivity index (χ4n) is 2.95. The van der Waals surface area contributed by atoms with E-state index in [9.17, 15) is 5.11 Å². The zero-order valence-electron chi connectivity index (χ0n) is 10.7. The average molecular weight is 276 g/mol. The lowest BCUT2D eigenvalue weighted by atomic mass is 10.0. The number of benzene rings is 1. The van der Waals surface area contributed by atoms with Gasteiger partial charge >= 0.3 is 0 Å². The molecular weight excluding hydrogens is 262 g/mol. The summed E-state index contributed by atoms with van der Waals surface area (Å²) in [4.78, 5) is 6.24. The summed E-state index contributed by atoms with van der Waals surface area (Å²) in [5, 5.41) is 11.0. The fraction of sp³-hybridized carbons (Fsp3) is 0.286. The Labute approximate surface area is 115 Å². The van der Waals surface area contributed by atoms with E-state index in [1.807, 2.05) is 42.9 Å². The third-order valence-corrected chi connectivity index (χ3v) is 4.13. The summed E-state index contributed by atoms with van der Waals surface area (Å²) in [6.45, 7) is 3.96. The standard InChI is InChI=1S/C14H14ClN3O/c1-8-5-9(2)14(19)13(6-8)18-16-11-4-3-10(15)7-12(11)17(16)18/h3-7,11-12,19H,1-2H3. The lowest BCUT2D eigenvalue weighted by molar-refractivity contribution is 0.314. The molecule has 19 heavy (non-hydrogen) atoms. The highest BCUT2D eigenvalue weighted by Gasteiger charge is 2.47. The molecule has 0 saturated carbocycles. The van der Waals surface area contributed by atoms with Gasteiger partial charge in [0.15, 0.2) is 0 Å². The Balaban J connectivity index is 1.81. The molecule has 2 heterocycles. The molecule has 2 unspecified atom stereocenters. The number of fused-ring (bicyclic) bond motifs is 4. The molecule has 0 fully saturated rings. The van der Waals surface area contributed by atoms with E-state index < -0.39 is 0 Å². The monoisotopic (exact) mass is 275 g/mol. The number of aromatic hydroxyl groups is 1. The maximum absolute atomic E-state index is 10.2. The highest BCUT2D eigenvalue weighted by Crippen LogP contribution is 2.47. The van der Waals surface area contributed by atoms with Crippen molar-refractivity contribution in [2.24, 2.45) is 0 Å². The molecular formula is C14H14ClN3O. The minimum Gasteiger partial charge on any atom is -0.505 e. The van der Waals surface area contributed by atoms with Crippen LogP contribution in [0.1, 0.15) is 23.2 Å². The smallest absolute Gasteiger partial charge is 0.145 e. The number of aryl methyl sites for hydroxylation is 2. The average Bonchev–Trinajstić information content (AvgIpc) is 3.01. The van der Waals surface area contributed by atoms with Gasteiger partial charge in [0.2, 0.25) is 0 Å². The van der Waals surface area contributed by atoms with Crippen LogP contribution in [0.3, 0.4) is 0 Å². The lowest BCUT2D eigenvalue weighted by Crippen LogP contribution is -2.26. The van der Waals surface area contributed by atoms with Crippen molar-refractivity contribution < 1.29 is 5.11 Å². The van der Waals surface area contributed by atoms with Gasteiger partial charge in [0.1, 0.15) is 23.5 Å². The first kappa shape index (κ1) is 11.1. The number of aromatic nitrogens is 3. The molecule has 2 aliphatic rings. The first-order valence-electron chi connectivity index (χ1n) is 6.32. The van der Waals surface area contributed by atoms with Gasteiger partial charge in [0, 0.05) is 5.03 Å². The Bertz CT molecular complexity index is 744. The predicted octanol–water partition coefficient (Wildman–Crippen LogP) is 3.19. The summed E-state index contributed by atoms with van der Waals surface area (Å²) >= 11 is 6.03. The number of nitrogens with zero attached hydrogens (tertiary/aromatic N) is 3. The molecule has 1 aliphatic carbocycles. The third-order valence-electron chi connectivity index (χ3n) is 3.87. The molecule has 0 radical (unpaired) electrons. The van der Waals surface area contributed by atoms with Crippen LogP contribution in [0.4, 0.5) is 0 Å². The first-order valence-corrected chi connectivity index (χ1v) is 6.70. The lowest BCUT2D eigenvalue weighted by Gasteiger charge is -2.26. The number of phenolic OH excluding ortho intramolecular Hbond substituents is 1. The van der Waals surface area contributed by atoms with Crippen molar-refractivity contribution >= 4 is 11.6 Å². The maximum atomic E-state index is 10.2. The summed E-state index contributed by atoms with van der Waals surface area (Å²) in [5.41, 5.74) is 2.88. The van der Waals surface area contributed by atoms with Crippen LogP contribution in [0.2, 0.25) is 0 Å². The topological polar surface area (TPSA) is 35.0 Å². The van der Waals surface area contributed by atoms with Crippen LogP contribution in [0.15, 0.2) is 35.4 Å². The van der Waals surface area contributed by atoms with Crippen LogP contribution in [0.25, 0.3) is 5.69 Å². The van der Waals surface area contributed by atoms with Crippen molar-refractivity contribution in [2.45, 2.75) is 25.9 Å². The fourth-order valence-corrected chi connectivity index (χ4v) is 3.15. The Morgan fingerprint density at radius 2 is 1.89 bits per heavy atom. The molecule has 2 aromatic rings. The molecule has 0 saturated heterocycles. The van der Waals surface area contributed by atoms with Gasteiger partial charge in [0.25, 0.3) is 0 Å². The van der Waals surface area contributed by atoms with Gasteiger partial charge in [-0.15, -0.1) is 0 Å². The zero-order valence-corrected chi connectivity index (χ0v) is 11.5. The van der Waals surface area contributed by atoms with E-state index in [1.165, 1.54) is 0 Å². The molecule has 4 nitrogen and oxygen atoms in total. The number of hydrogen-bond acceptors (Lipinski definition) is 1. The summed E-state index contributed by atoms with van der Waals surface area (Å²) in [5.74, 6) is 0.343. The molecule has 2 atom stereocenters. The highest BCUT2D eigenvalue weighted by molar-refractivity contribution is 6.31. The van der Waals surface area contributed by atoms with Crippen molar-refractivity contribution in [3.63, 3.8) is 0 Å². The normalized spacial score (nSPS) is 23.8. The Kier molecular flexibility index (Phi) is 1.97. The van der Waals surface area contributed by atoms with E-state index in [-0.39, 0.29) is 6.04 Å². The van der Waals surface area contributed by atoms with E-state index >= 15 is 0 Å². The van der Waals surface area contributed by atoms with Crippen LogP contribution in [-0.4, -0.2) is 19.5 Å². The predicted molar refractivity (Wildman–Crippen MR) is 74.0 cm³/mol. The van der Waals surface area contributed by atoms with E-state index in [2.05, 4.69) is 15.7 Å². The molecule has 1 aromatic heterocycles. The van der Waals surface area contributed by atoms with Gasteiger partial charge in [-0.05, 0) is 43.2 Å². The molecule has 98 valence electrons. The van der Waals surface area contributed by atoms with Crippen molar-refractivity contribution in [3.05, 3.63) is 46.5 Å². The zero-order chi connectivity index (χ0) is 13.3. The van der Waals surface area contributed by atoms with Gasteiger partial charge in [-0.25, -0.2) is 0 Å². The minimum atomic E-state index is 0.276. The SMILES string of the molecule is Cc1cc(C)c(O)c(-n2n3n2C2C=C(Cl)C=CC23)c1. The van der Waals surface area contributed by atoms with Crippen LogP contribution in [-0.2, 0) is 0 Å². The third kappa shape index (κ3) is 1.35. The molecule has 1 aromatic carbocycles. The summed E-state index contributed by atoms with van der Waals surface area (Å²) in [6.07, 6.45) is 6.07. The van der Waals surface area contributed by atoms with Gasteiger partial charge in [-0.1, -0.05) is 23.7 Å². The van der Waals surface area contributed by atoms with Crippen LogP contribution in [0, 0.1) is 13.8 Å². The number of phenols is 1. The number of rotatable bonds is 1. The van der Waals surface area contributed by atoms with Gasteiger partial charge in [-0.2, -0.15) is 14.4 Å². The van der Waals surface area contributed by atoms with Crippen LogP contribution in [0.5, 0.6) is 5.75 Å². The summed E-state index contributed by atoms with van der Waals surface area (Å²) in [7, 11) is 0.